The first-order valence-corrected chi connectivity index (χ1v) is 8.27. The van der Waals surface area contributed by atoms with Crippen molar-refractivity contribution in [2.45, 2.75) is 44.2 Å². The lowest BCUT2D eigenvalue weighted by atomic mass is 10.1. The number of carbonyl (C=O) groups excluding carboxylic acids is 1. The Morgan fingerprint density at radius 2 is 1.65 bits per heavy atom. The highest BCUT2D eigenvalue weighted by Crippen LogP contribution is 2.14. The second kappa shape index (κ2) is 5.83. The van der Waals surface area contributed by atoms with Gasteiger partial charge in [0.15, 0.2) is 9.84 Å². The summed E-state index contributed by atoms with van der Waals surface area (Å²) in [6.07, 6.45) is 1.16. The van der Waals surface area contributed by atoms with Crippen LogP contribution in [0, 0.1) is 0 Å². The Morgan fingerprint density at radius 1 is 1.15 bits per heavy atom. The molecule has 0 saturated heterocycles. The van der Waals surface area contributed by atoms with Crippen molar-refractivity contribution in [3.05, 3.63) is 24.3 Å². The van der Waals surface area contributed by atoms with E-state index in [2.05, 4.69) is 10.6 Å². The van der Waals surface area contributed by atoms with E-state index >= 15 is 0 Å². The summed E-state index contributed by atoms with van der Waals surface area (Å²) in [5, 5.41) is 5.91. The molecule has 0 spiro atoms. The summed E-state index contributed by atoms with van der Waals surface area (Å²) in [4.78, 5) is 12.2. The molecule has 0 aliphatic rings. The van der Waals surface area contributed by atoms with Gasteiger partial charge in [-0.15, -0.1) is 0 Å². The Morgan fingerprint density at radius 3 is 2.05 bits per heavy atom. The maximum absolute atomic E-state index is 11.9. The van der Waals surface area contributed by atoms with E-state index in [4.69, 9.17) is 0 Å². The van der Waals surface area contributed by atoms with Crippen LogP contribution in [0.2, 0.25) is 0 Å². The van der Waals surface area contributed by atoms with Crippen molar-refractivity contribution in [1.29, 1.82) is 0 Å². The lowest BCUT2D eigenvalue weighted by Gasteiger charge is -2.24. The third kappa shape index (κ3) is 5.21. The van der Waals surface area contributed by atoms with E-state index in [1.165, 1.54) is 12.1 Å². The molecule has 0 saturated carbocycles. The summed E-state index contributed by atoms with van der Waals surface area (Å²) in [6.45, 7) is 7.50. The minimum absolute atomic E-state index is 0.107. The van der Waals surface area contributed by atoms with Gasteiger partial charge in [0, 0.05) is 17.5 Å². The van der Waals surface area contributed by atoms with Gasteiger partial charge in [0.05, 0.1) is 4.90 Å². The van der Waals surface area contributed by atoms with Crippen molar-refractivity contribution < 1.29 is 13.2 Å². The van der Waals surface area contributed by atoms with Crippen molar-refractivity contribution in [3.63, 3.8) is 0 Å². The van der Waals surface area contributed by atoms with Gasteiger partial charge in [-0.1, -0.05) is 0 Å². The number of hydrogen-bond donors (Lipinski definition) is 2. The highest BCUT2D eigenvalue weighted by Gasteiger charge is 2.19. The fourth-order valence-electron chi connectivity index (χ4n) is 1.59. The lowest BCUT2D eigenvalue weighted by Crippen LogP contribution is -2.47. The van der Waals surface area contributed by atoms with Gasteiger partial charge < -0.3 is 10.6 Å². The summed E-state index contributed by atoms with van der Waals surface area (Å²) in [7, 11) is -3.20. The first-order chi connectivity index (χ1) is 8.99. The molecule has 0 aromatic heterocycles. The number of benzene rings is 1. The molecule has 5 nitrogen and oxygen atoms in total. The van der Waals surface area contributed by atoms with Crippen LogP contribution in [-0.2, 0) is 14.6 Å². The van der Waals surface area contributed by atoms with Crippen LogP contribution in [0.15, 0.2) is 29.2 Å². The average molecular weight is 298 g/mol. The van der Waals surface area contributed by atoms with Crippen LogP contribution in [-0.4, -0.2) is 32.2 Å². The largest absolute Gasteiger partial charge is 0.374 e. The smallest absolute Gasteiger partial charge is 0.242 e. The minimum atomic E-state index is -3.20. The molecule has 2 N–H and O–H groups in total. The number of anilines is 1. The zero-order valence-electron chi connectivity index (χ0n) is 12.5. The Balaban J connectivity index is 2.72. The van der Waals surface area contributed by atoms with Crippen molar-refractivity contribution in [1.82, 2.24) is 5.32 Å². The molecular formula is C14H22N2O3S. The van der Waals surface area contributed by atoms with Gasteiger partial charge in [-0.3, -0.25) is 4.79 Å². The molecule has 0 heterocycles. The first kappa shape index (κ1) is 16.5. The van der Waals surface area contributed by atoms with Gasteiger partial charge in [0.1, 0.15) is 6.04 Å². The van der Waals surface area contributed by atoms with E-state index in [1.807, 2.05) is 20.8 Å². The molecule has 0 aliphatic heterocycles. The summed E-state index contributed by atoms with van der Waals surface area (Å²) in [5.41, 5.74) is 0.418. The van der Waals surface area contributed by atoms with Crippen LogP contribution in [0.25, 0.3) is 0 Å². The SMILES string of the molecule is CC(Nc1ccc(S(C)(=O)=O)cc1)C(=O)NC(C)(C)C. The molecular weight excluding hydrogens is 276 g/mol. The van der Waals surface area contributed by atoms with Crippen LogP contribution in [0.5, 0.6) is 0 Å². The van der Waals surface area contributed by atoms with E-state index in [1.54, 1.807) is 19.1 Å². The van der Waals surface area contributed by atoms with E-state index in [0.717, 1.165) is 6.26 Å². The summed E-state index contributed by atoms with van der Waals surface area (Å²) >= 11 is 0. The van der Waals surface area contributed by atoms with Crippen LogP contribution in [0.3, 0.4) is 0 Å². The second-order valence-electron chi connectivity index (χ2n) is 5.90. The molecule has 0 aliphatic carbocycles. The number of nitrogens with one attached hydrogen (secondary N) is 2. The predicted molar refractivity (Wildman–Crippen MR) is 80.5 cm³/mol. The molecule has 1 unspecified atom stereocenters. The van der Waals surface area contributed by atoms with Gasteiger partial charge in [0.2, 0.25) is 5.91 Å². The van der Waals surface area contributed by atoms with E-state index in [0.29, 0.717) is 5.69 Å². The molecule has 1 atom stereocenters. The van der Waals surface area contributed by atoms with Gasteiger partial charge in [0.25, 0.3) is 0 Å². The summed E-state index contributed by atoms with van der Waals surface area (Å²) < 4.78 is 22.7. The summed E-state index contributed by atoms with van der Waals surface area (Å²) in [5.74, 6) is -0.107. The Labute approximate surface area is 120 Å². The van der Waals surface area contributed by atoms with Crippen LogP contribution in [0.4, 0.5) is 5.69 Å². The van der Waals surface area contributed by atoms with E-state index in [-0.39, 0.29) is 16.3 Å². The van der Waals surface area contributed by atoms with E-state index in [9.17, 15) is 13.2 Å². The molecule has 0 radical (unpaired) electrons. The van der Waals surface area contributed by atoms with Crippen molar-refractivity contribution in [2.24, 2.45) is 0 Å². The van der Waals surface area contributed by atoms with Crippen LogP contribution < -0.4 is 10.6 Å². The van der Waals surface area contributed by atoms with Gasteiger partial charge in [-0.2, -0.15) is 0 Å². The van der Waals surface area contributed by atoms with Gasteiger partial charge in [-0.25, -0.2) is 8.42 Å². The minimum Gasteiger partial charge on any atom is -0.374 e. The molecule has 1 aromatic carbocycles. The highest BCUT2D eigenvalue weighted by molar-refractivity contribution is 7.90. The second-order valence-corrected chi connectivity index (χ2v) is 7.92. The highest BCUT2D eigenvalue weighted by atomic mass is 32.2. The topological polar surface area (TPSA) is 75.3 Å². The maximum Gasteiger partial charge on any atom is 0.242 e. The molecule has 1 amide bonds. The zero-order chi connectivity index (χ0) is 15.6. The first-order valence-electron chi connectivity index (χ1n) is 6.38. The number of carbonyl (C=O) groups is 1. The molecule has 0 bridgehead atoms. The Hall–Kier alpha value is -1.56. The van der Waals surface area contributed by atoms with Crippen LogP contribution >= 0.6 is 0 Å². The molecule has 112 valence electrons. The van der Waals surface area contributed by atoms with Crippen molar-refractivity contribution in [3.8, 4) is 0 Å². The molecule has 20 heavy (non-hydrogen) atoms. The number of hydrogen-bond acceptors (Lipinski definition) is 4. The molecule has 0 fully saturated rings. The Kier molecular flexibility index (Phi) is 4.81. The van der Waals surface area contributed by atoms with Crippen molar-refractivity contribution >= 4 is 21.4 Å². The number of sulfone groups is 1. The summed E-state index contributed by atoms with van der Waals surface area (Å²) in [6, 6.07) is 5.94. The van der Waals surface area contributed by atoms with Crippen LogP contribution in [0.1, 0.15) is 27.7 Å². The monoisotopic (exact) mass is 298 g/mol. The standard InChI is InChI=1S/C14H22N2O3S/c1-10(13(17)16-14(2,3)4)15-11-6-8-12(9-7-11)20(5,18)19/h6-10,15H,1-5H3,(H,16,17). The van der Waals surface area contributed by atoms with Crippen molar-refractivity contribution in [2.75, 3.05) is 11.6 Å². The zero-order valence-corrected chi connectivity index (χ0v) is 13.3. The normalized spacial score (nSPS) is 13.7. The third-order valence-electron chi connectivity index (χ3n) is 2.56. The lowest BCUT2D eigenvalue weighted by molar-refractivity contribution is -0.122. The fraction of sp³-hybridized carbons (Fsp3) is 0.500. The number of rotatable bonds is 4. The average Bonchev–Trinajstić information content (AvgIpc) is 2.26. The quantitative estimate of drug-likeness (QED) is 0.889. The van der Waals surface area contributed by atoms with Gasteiger partial charge >= 0.3 is 0 Å². The number of amides is 1. The van der Waals surface area contributed by atoms with E-state index < -0.39 is 15.9 Å². The van der Waals surface area contributed by atoms with Gasteiger partial charge in [-0.05, 0) is 52.0 Å². The predicted octanol–water partition coefficient (Wildman–Crippen LogP) is 1.81. The molecule has 1 rings (SSSR count). The molecule has 6 heteroatoms. The Bertz CT molecular complexity index is 571. The maximum atomic E-state index is 11.9. The fourth-order valence-corrected chi connectivity index (χ4v) is 2.22. The molecule has 1 aromatic rings. The third-order valence-corrected chi connectivity index (χ3v) is 3.69.